The number of amides is 2. The second kappa shape index (κ2) is 15.1. The van der Waals surface area contributed by atoms with Crippen LogP contribution in [0.1, 0.15) is 116 Å². The monoisotopic (exact) mass is 734 g/mol. The van der Waals surface area contributed by atoms with Crippen molar-refractivity contribution in [2.75, 3.05) is 26.2 Å². The number of hydrogen-bond donors (Lipinski definition) is 0. The molecule has 2 aliphatic rings. The van der Waals surface area contributed by atoms with E-state index in [9.17, 15) is 27.2 Å². The van der Waals surface area contributed by atoms with Crippen LogP contribution in [0.3, 0.4) is 0 Å². The molecule has 284 valence electrons. The second-order valence-electron chi connectivity index (χ2n) is 15.4. The molecule has 0 unspecified atom stereocenters. The maximum Gasteiger partial charge on any atom is 0.410 e. The van der Waals surface area contributed by atoms with Crippen molar-refractivity contribution in [3.8, 4) is 0 Å². The van der Waals surface area contributed by atoms with E-state index in [1.54, 1.807) is 9.80 Å². The maximum atomic E-state index is 13.2. The minimum atomic E-state index is -2.70. The van der Waals surface area contributed by atoms with Gasteiger partial charge in [-0.3, -0.25) is 0 Å². The summed E-state index contributed by atoms with van der Waals surface area (Å²) < 4.78 is 66.8. The lowest BCUT2D eigenvalue weighted by Gasteiger charge is -2.37. The van der Waals surface area contributed by atoms with Gasteiger partial charge in [-0.05, 0) is 78.4 Å². The number of likely N-dealkylation sites (tertiary alicyclic amines) is 2. The lowest BCUT2D eigenvalue weighted by Crippen LogP contribution is -2.45. The predicted molar refractivity (Wildman–Crippen MR) is 180 cm³/mol. The van der Waals surface area contributed by atoms with Crippen molar-refractivity contribution < 1.29 is 36.6 Å². The first-order valence-electron chi connectivity index (χ1n) is 17.2. The van der Waals surface area contributed by atoms with Gasteiger partial charge in [-0.15, -0.1) is 0 Å². The Morgan fingerprint density at radius 3 is 1.38 bits per heavy atom. The topological polar surface area (TPSA) is 145 Å². The number of piperidine rings is 2. The molecule has 0 bridgehead atoms. The number of hydrogen-bond acceptors (Lipinski definition) is 10. The Balaban J connectivity index is 0.000000201. The van der Waals surface area contributed by atoms with E-state index in [1.807, 2.05) is 55.4 Å². The fraction of sp³-hybridized carbons (Fsp3) is 0.647. The first-order valence-corrected chi connectivity index (χ1v) is 17.2. The van der Waals surface area contributed by atoms with Gasteiger partial charge in [0.25, 0.3) is 24.4 Å². The number of carbonyl (C=O) groups excluding carboxylic acids is 2. The zero-order valence-corrected chi connectivity index (χ0v) is 30.6. The van der Waals surface area contributed by atoms with Crippen LogP contribution >= 0.6 is 0 Å². The van der Waals surface area contributed by atoms with Gasteiger partial charge in [0.05, 0.1) is 11.4 Å². The highest BCUT2D eigenvalue weighted by Crippen LogP contribution is 2.35. The van der Waals surface area contributed by atoms with Crippen molar-refractivity contribution in [3.63, 3.8) is 0 Å². The molecule has 0 aromatic carbocycles. The van der Waals surface area contributed by atoms with Gasteiger partial charge in [0.15, 0.2) is 0 Å². The second-order valence-corrected chi connectivity index (χ2v) is 15.4. The molecule has 4 atom stereocenters. The first kappa shape index (κ1) is 38.6. The van der Waals surface area contributed by atoms with Crippen molar-refractivity contribution in [1.29, 1.82) is 0 Å². The summed E-state index contributed by atoms with van der Waals surface area (Å²) in [5, 5.41) is 8.24. The van der Waals surface area contributed by atoms with Crippen molar-refractivity contribution in [1.82, 2.24) is 49.0 Å². The van der Waals surface area contributed by atoms with Crippen molar-refractivity contribution in [3.05, 3.63) is 47.6 Å². The highest BCUT2D eigenvalue weighted by atomic mass is 19.3. The van der Waals surface area contributed by atoms with E-state index in [2.05, 4.69) is 30.1 Å². The number of halogens is 4. The lowest BCUT2D eigenvalue weighted by atomic mass is 9.84. The summed E-state index contributed by atoms with van der Waals surface area (Å²) >= 11 is 0. The molecule has 2 saturated heterocycles. The lowest BCUT2D eigenvalue weighted by molar-refractivity contribution is 0.0151. The van der Waals surface area contributed by atoms with Crippen molar-refractivity contribution in [2.24, 2.45) is 11.8 Å². The van der Waals surface area contributed by atoms with Crippen molar-refractivity contribution in [2.45, 2.75) is 104 Å². The van der Waals surface area contributed by atoms with Gasteiger partial charge in [-0.2, -0.15) is 20.2 Å². The van der Waals surface area contributed by atoms with E-state index in [-0.39, 0.29) is 46.6 Å². The minimum absolute atomic E-state index is 0.138. The Bertz CT molecular complexity index is 1740. The van der Waals surface area contributed by atoms with Crippen LogP contribution in [-0.2, 0) is 9.47 Å². The fourth-order valence-electron chi connectivity index (χ4n) is 6.35. The molecule has 0 N–H and O–H groups in total. The van der Waals surface area contributed by atoms with E-state index in [1.165, 1.54) is 33.8 Å². The average molecular weight is 735 g/mol. The minimum Gasteiger partial charge on any atom is -0.444 e. The van der Waals surface area contributed by atoms with Crippen molar-refractivity contribution >= 4 is 23.7 Å². The van der Waals surface area contributed by atoms with Crippen LogP contribution in [-0.4, -0.2) is 98.5 Å². The quantitative estimate of drug-likeness (QED) is 0.204. The Kier molecular flexibility index (Phi) is 11.2. The number of nitrogens with zero attached hydrogens (tertiary/aromatic N) is 10. The maximum absolute atomic E-state index is 13.2. The zero-order chi connectivity index (χ0) is 38.1. The molecule has 4 aromatic rings. The zero-order valence-electron chi connectivity index (χ0n) is 30.6. The first-order chi connectivity index (χ1) is 24.3. The van der Waals surface area contributed by atoms with Crippen LogP contribution in [0.25, 0.3) is 11.6 Å². The smallest absolute Gasteiger partial charge is 0.410 e. The van der Waals surface area contributed by atoms with E-state index >= 15 is 0 Å². The summed E-state index contributed by atoms with van der Waals surface area (Å²) in [4.78, 5) is 43.7. The molecule has 0 saturated carbocycles. The molecule has 14 nitrogen and oxygen atoms in total. The Morgan fingerprint density at radius 1 is 0.692 bits per heavy atom. The largest absolute Gasteiger partial charge is 0.444 e. The third-order valence-corrected chi connectivity index (χ3v) is 9.03. The summed E-state index contributed by atoms with van der Waals surface area (Å²) in [5.41, 5.74) is -0.667. The number of fused-ring (bicyclic) bond motifs is 2. The van der Waals surface area contributed by atoms with Crippen LogP contribution in [0.15, 0.2) is 24.8 Å². The van der Waals surface area contributed by atoms with Gasteiger partial charge < -0.3 is 19.3 Å². The van der Waals surface area contributed by atoms with E-state index < -0.39 is 36.2 Å². The van der Waals surface area contributed by atoms with Crippen LogP contribution in [0.2, 0.25) is 0 Å². The molecule has 0 spiro atoms. The van der Waals surface area contributed by atoms with Gasteiger partial charge >= 0.3 is 12.2 Å². The number of rotatable bonds is 4. The van der Waals surface area contributed by atoms with Crippen LogP contribution in [0.5, 0.6) is 0 Å². The van der Waals surface area contributed by atoms with E-state index in [4.69, 9.17) is 9.47 Å². The predicted octanol–water partition coefficient (Wildman–Crippen LogP) is 6.84. The Labute approximate surface area is 298 Å². The summed E-state index contributed by atoms with van der Waals surface area (Å²) in [5.74, 6) is 0.323. The highest BCUT2D eigenvalue weighted by Gasteiger charge is 2.36. The van der Waals surface area contributed by atoms with Gasteiger partial charge in [-0.1, -0.05) is 13.8 Å². The summed E-state index contributed by atoms with van der Waals surface area (Å²) in [6, 6.07) is 2.73. The van der Waals surface area contributed by atoms with Gasteiger partial charge in [0, 0.05) is 38.0 Å². The molecule has 0 aliphatic carbocycles. The molecule has 0 radical (unpaired) electrons. The molecule has 4 aromatic heterocycles. The van der Waals surface area contributed by atoms with Crippen LogP contribution in [0, 0.1) is 11.8 Å². The molecule has 2 aliphatic heterocycles. The molecular formula is C34H46F4N10O4. The molecule has 6 heterocycles. The summed E-state index contributed by atoms with van der Waals surface area (Å²) in [6.07, 6.45) is -2.12. The third-order valence-electron chi connectivity index (χ3n) is 9.03. The highest BCUT2D eigenvalue weighted by molar-refractivity contribution is 5.69. The SMILES string of the molecule is C[C@@H]1CCN(C(=O)OC(C)(C)C)C[C@H]1c1cc(C(F)F)nc2ncnn12.C[C@H]1CCN(C(=O)OC(C)(C)C)C[C@@H]1c1cc(C(F)F)nc2ncnn12. The Hall–Kier alpha value is -4.64. The normalized spacial score (nSPS) is 21.4. The fourth-order valence-corrected chi connectivity index (χ4v) is 6.35. The average Bonchev–Trinajstić information content (AvgIpc) is 3.73. The van der Waals surface area contributed by atoms with Gasteiger partial charge in [-0.25, -0.2) is 46.1 Å². The van der Waals surface area contributed by atoms with E-state index in [0.717, 1.165) is 12.8 Å². The van der Waals surface area contributed by atoms with Gasteiger partial charge in [0.1, 0.15) is 35.2 Å². The molecular weight excluding hydrogens is 688 g/mol. The summed E-state index contributed by atoms with van der Waals surface area (Å²) in [6.45, 7) is 16.8. The molecule has 6 rings (SSSR count). The number of aromatic nitrogens is 8. The van der Waals surface area contributed by atoms with Crippen LogP contribution in [0.4, 0.5) is 27.2 Å². The molecule has 52 heavy (non-hydrogen) atoms. The number of carbonyl (C=O) groups is 2. The number of alkyl halides is 4. The third kappa shape index (κ3) is 9.04. The Morgan fingerprint density at radius 2 is 1.06 bits per heavy atom. The number of ether oxygens (including phenoxy) is 2. The molecule has 2 fully saturated rings. The standard InChI is InChI=1S/2C17H23F2N5O2/c2*1-10-5-6-23(16(25)26-17(2,3)4)8-11(10)13-7-12(14(18)19)22-15-20-9-21-24(13)15/h2*7,9-11,14H,5-6,8H2,1-4H3/t2*10-,11-/m10/s1. The van der Waals surface area contributed by atoms with Gasteiger partial charge in [0.2, 0.25) is 0 Å². The summed E-state index contributed by atoms with van der Waals surface area (Å²) in [7, 11) is 0. The molecule has 18 heteroatoms. The molecule has 2 amide bonds. The van der Waals surface area contributed by atoms with Crippen LogP contribution < -0.4 is 0 Å². The van der Waals surface area contributed by atoms with E-state index in [0.29, 0.717) is 37.6 Å².